The minimum atomic E-state index is 0.601. The van der Waals surface area contributed by atoms with Crippen LogP contribution in [0.25, 0.3) is 0 Å². The van der Waals surface area contributed by atoms with Crippen molar-refractivity contribution in [3.63, 3.8) is 0 Å². The molecule has 1 aliphatic heterocycles. The first kappa shape index (κ1) is 15.4. The fourth-order valence-corrected chi connectivity index (χ4v) is 3.39. The van der Waals surface area contributed by atoms with E-state index in [0.29, 0.717) is 18.0 Å². The van der Waals surface area contributed by atoms with E-state index in [1.165, 1.54) is 29.7 Å². The van der Waals surface area contributed by atoms with Crippen LogP contribution in [0.1, 0.15) is 44.7 Å². The zero-order valence-corrected chi connectivity index (χ0v) is 13.7. The highest BCUT2D eigenvalue weighted by atomic mass is 15.2. The van der Waals surface area contributed by atoms with Crippen LogP contribution in [0.5, 0.6) is 0 Å². The van der Waals surface area contributed by atoms with E-state index in [1.807, 2.05) is 0 Å². The van der Waals surface area contributed by atoms with Gasteiger partial charge in [-0.3, -0.25) is 0 Å². The molecule has 112 valence electrons. The zero-order valence-electron chi connectivity index (χ0n) is 13.7. The molecule has 0 bridgehead atoms. The van der Waals surface area contributed by atoms with Crippen molar-refractivity contribution < 1.29 is 0 Å². The van der Waals surface area contributed by atoms with Crippen molar-refractivity contribution in [3.8, 4) is 0 Å². The second kappa shape index (κ2) is 6.62. The first-order chi connectivity index (χ1) is 9.51. The van der Waals surface area contributed by atoms with Crippen LogP contribution >= 0.6 is 0 Å². The zero-order chi connectivity index (χ0) is 14.7. The molecule has 1 saturated heterocycles. The van der Waals surface area contributed by atoms with Gasteiger partial charge in [-0.2, -0.15) is 0 Å². The number of nitrogens with one attached hydrogen (secondary N) is 1. The van der Waals surface area contributed by atoms with Gasteiger partial charge in [-0.15, -0.1) is 0 Å². The average Bonchev–Trinajstić information content (AvgIpc) is 2.37. The van der Waals surface area contributed by atoms with E-state index in [2.05, 4.69) is 63.0 Å². The molecule has 1 aromatic carbocycles. The molecule has 0 aromatic heterocycles. The number of benzene rings is 1. The fourth-order valence-electron chi connectivity index (χ4n) is 3.39. The van der Waals surface area contributed by atoms with Crippen LogP contribution < -0.4 is 10.2 Å². The number of rotatable bonds is 4. The van der Waals surface area contributed by atoms with Gasteiger partial charge in [0.05, 0.1) is 0 Å². The molecule has 0 spiro atoms. The Morgan fingerprint density at radius 3 is 2.40 bits per heavy atom. The van der Waals surface area contributed by atoms with Gasteiger partial charge in [0.15, 0.2) is 0 Å². The maximum atomic E-state index is 3.74. The van der Waals surface area contributed by atoms with Gasteiger partial charge in [0.25, 0.3) is 0 Å². The highest BCUT2D eigenvalue weighted by Crippen LogP contribution is 2.26. The third kappa shape index (κ3) is 3.54. The third-order valence-corrected chi connectivity index (χ3v) is 4.38. The van der Waals surface area contributed by atoms with Crippen molar-refractivity contribution in [1.29, 1.82) is 0 Å². The summed E-state index contributed by atoms with van der Waals surface area (Å²) in [5, 5.41) is 3.74. The molecule has 2 heteroatoms. The first-order valence-electron chi connectivity index (χ1n) is 8.09. The maximum Gasteiger partial charge on any atom is 0.0438 e. The molecule has 1 N–H and O–H groups in total. The monoisotopic (exact) mass is 274 g/mol. The Morgan fingerprint density at radius 2 is 1.85 bits per heavy atom. The number of hydrogen-bond donors (Lipinski definition) is 1. The molecule has 0 amide bonds. The summed E-state index contributed by atoms with van der Waals surface area (Å²) >= 11 is 0. The molecule has 2 rings (SSSR count). The van der Waals surface area contributed by atoms with Crippen molar-refractivity contribution in [2.75, 3.05) is 18.0 Å². The lowest BCUT2D eigenvalue weighted by atomic mass is 9.95. The lowest BCUT2D eigenvalue weighted by Gasteiger charge is -2.44. The smallest absolute Gasteiger partial charge is 0.0438 e. The SMILES string of the molecule is CCCC1CN(c2cc(C)cc(C)c2)C(C(C)C)CN1. The Hall–Kier alpha value is -1.02. The quantitative estimate of drug-likeness (QED) is 0.895. The Labute approximate surface area is 124 Å². The predicted octanol–water partition coefficient (Wildman–Crippen LogP) is 3.91. The minimum absolute atomic E-state index is 0.601. The molecule has 0 radical (unpaired) electrons. The standard InChI is InChI=1S/C18H30N2/c1-6-7-16-12-20(18(11-19-16)13(2)3)17-9-14(4)8-15(5)10-17/h8-10,13,16,18-19H,6-7,11-12H2,1-5H3. The largest absolute Gasteiger partial charge is 0.365 e. The molecule has 0 saturated carbocycles. The normalized spacial score (nSPS) is 23.4. The first-order valence-corrected chi connectivity index (χ1v) is 8.09. The number of hydrogen-bond acceptors (Lipinski definition) is 2. The molecule has 1 heterocycles. The highest BCUT2D eigenvalue weighted by molar-refractivity contribution is 5.52. The summed E-state index contributed by atoms with van der Waals surface area (Å²) in [6, 6.07) is 8.19. The van der Waals surface area contributed by atoms with Crippen LogP contribution in [0, 0.1) is 19.8 Å². The second-order valence-corrected chi connectivity index (χ2v) is 6.70. The van der Waals surface area contributed by atoms with Gasteiger partial charge in [-0.05, 0) is 49.4 Å². The number of nitrogens with zero attached hydrogens (tertiary/aromatic N) is 1. The third-order valence-electron chi connectivity index (χ3n) is 4.38. The number of anilines is 1. The van der Waals surface area contributed by atoms with Crippen LogP contribution in [-0.2, 0) is 0 Å². The van der Waals surface area contributed by atoms with E-state index < -0.39 is 0 Å². The molecule has 2 nitrogen and oxygen atoms in total. The Bertz CT molecular complexity index is 419. The molecular formula is C18H30N2. The molecule has 1 aliphatic rings. The molecule has 20 heavy (non-hydrogen) atoms. The van der Waals surface area contributed by atoms with Crippen LogP contribution in [0.3, 0.4) is 0 Å². The van der Waals surface area contributed by atoms with Crippen LogP contribution in [0.15, 0.2) is 18.2 Å². The van der Waals surface area contributed by atoms with Gasteiger partial charge in [0.2, 0.25) is 0 Å². The highest BCUT2D eigenvalue weighted by Gasteiger charge is 2.29. The molecule has 1 fully saturated rings. The Balaban J connectivity index is 2.26. The topological polar surface area (TPSA) is 15.3 Å². The molecular weight excluding hydrogens is 244 g/mol. The molecule has 0 aliphatic carbocycles. The van der Waals surface area contributed by atoms with Crippen molar-refractivity contribution >= 4 is 5.69 Å². The second-order valence-electron chi connectivity index (χ2n) is 6.70. The van der Waals surface area contributed by atoms with E-state index in [4.69, 9.17) is 0 Å². The summed E-state index contributed by atoms with van der Waals surface area (Å²) in [7, 11) is 0. The van der Waals surface area contributed by atoms with Crippen molar-refractivity contribution in [2.24, 2.45) is 5.92 Å². The summed E-state index contributed by atoms with van der Waals surface area (Å²) in [6.45, 7) is 13.6. The van der Waals surface area contributed by atoms with Crippen LogP contribution in [0.2, 0.25) is 0 Å². The Morgan fingerprint density at radius 1 is 1.20 bits per heavy atom. The van der Waals surface area contributed by atoms with Crippen molar-refractivity contribution in [3.05, 3.63) is 29.3 Å². The van der Waals surface area contributed by atoms with Crippen LogP contribution in [0.4, 0.5) is 5.69 Å². The van der Waals surface area contributed by atoms with Crippen molar-refractivity contribution in [2.45, 2.75) is 59.5 Å². The predicted molar refractivity (Wildman–Crippen MR) is 88.6 cm³/mol. The summed E-state index contributed by atoms with van der Waals surface area (Å²) in [5.41, 5.74) is 4.14. The van der Waals surface area contributed by atoms with Gasteiger partial charge >= 0.3 is 0 Å². The van der Waals surface area contributed by atoms with Gasteiger partial charge in [0.1, 0.15) is 0 Å². The summed E-state index contributed by atoms with van der Waals surface area (Å²) in [4.78, 5) is 2.64. The van der Waals surface area contributed by atoms with Gasteiger partial charge in [-0.25, -0.2) is 0 Å². The van der Waals surface area contributed by atoms with E-state index >= 15 is 0 Å². The molecule has 1 aromatic rings. The summed E-state index contributed by atoms with van der Waals surface area (Å²) in [5.74, 6) is 0.672. The summed E-state index contributed by atoms with van der Waals surface area (Å²) < 4.78 is 0. The minimum Gasteiger partial charge on any atom is -0.365 e. The molecule has 2 atom stereocenters. The van der Waals surface area contributed by atoms with E-state index in [0.717, 1.165) is 13.1 Å². The number of piperazine rings is 1. The lowest BCUT2D eigenvalue weighted by molar-refractivity contribution is 0.327. The fraction of sp³-hybridized carbons (Fsp3) is 0.667. The summed E-state index contributed by atoms with van der Waals surface area (Å²) in [6.07, 6.45) is 2.52. The Kier molecular flexibility index (Phi) is 5.09. The lowest BCUT2D eigenvalue weighted by Crippen LogP contribution is -2.58. The maximum absolute atomic E-state index is 3.74. The van der Waals surface area contributed by atoms with Gasteiger partial charge < -0.3 is 10.2 Å². The number of aryl methyl sites for hydroxylation is 2. The molecule has 2 unspecified atom stereocenters. The van der Waals surface area contributed by atoms with Crippen LogP contribution in [-0.4, -0.2) is 25.2 Å². The van der Waals surface area contributed by atoms with E-state index in [9.17, 15) is 0 Å². The van der Waals surface area contributed by atoms with Gasteiger partial charge in [-0.1, -0.05) is 33.3 Å². The van der Waals surface area contributed by atoms with E-state index in [-0.39, 0.29) is 0 Å². The average molecular weight is 274 g/mol. The van der Waals surface area contributed by atoms with Crippen molar-refractivity contribution in [1.82, 2.24) is 5.32 Å². The van der Waals surface area contributed by atoms with Gasteiger partial charge in [0, 0.05) is 30.9 Å². The van der Waals surface area contributed by atoms with E-state index in [1.54, 1.807) is 0 Å².